The third-order valence-electron chi connectivity index (χ3n) is 3.81. The fourth-order valence-electron chi connectivity index (χ4n) is 2.43. The van der Waals surface area contributed by atoms with Crippen molar-refractivity contribution in [1.82, 2.24) is 5.32 Å². The summed E-state index contributed by atoms with van der Waals surface area (Å²) in [5.41, 5.74) is 3.44. The molecule has 0 spiro atoms. The molecule has 0 fully saturated rings. The summed E-state index contributed by atoms with van der Waals surface area (Å²) in [5, 5.41) is 4.53. The zero-order valence-corrected chi connectivity index (χ0v) is 16.3. The van der Waals surface area contributed by atoms with Gasteiger partial charge < -0.3 is 10.6 Å². The molecule has 0 aliphatic carbocycles. The number of aryl methyl sites for hydroxylation is 2. The van der Waals surface area contributed by atoms with Crippen molar-refractivity contribution in [2.45, 2.75) is 25.8 Å². The predicted octanol–water partition coefficient (Wildman–Crippen LogP) is 4.47. The summed E-state index contributed by atoms with van der Waals surface area (Å²) in [7, 11) is 0. The first-order valence-corrected chi connectivity index (χ1v) is 9.68. The number of alkyl halides is 3. The molecule has 0 saturated carbocycles. The maximum atomic E-state index is 12.2. The second kappa shape index (κ2) is 9.64. The lowest BCUT2D eigenvalue weighted by Crippen LogP contribution is -2.33. The van der Waals surface area contributed by atoms with Crippen molar-refractivity contribution < 1.29 is 22.8 Å². The van der Waals surface area contributed by atoms with Gasteiger partial charge in [-0.1, -0.05) is 35.9 Å². The Morgan fingerprint density at radius 3 is 2.50 bits per heavy atom. The van der Waals surface area contributed by atoms with Gasteiger partial charge >= 0.3 is 6.18 Å². The van der Waals surface area contributed by atoms with Crippen LogP contribution >= 0.6 is 11.8 Å². The van der Waals surface area contributed by atoms with Crippen LogP contribution in [-0.4, -0.2) is 30.3 Å². The van der Waals surface area contributed by atoms with Crippen molar-refractivity contribution in [3.63, 3.8) is 0 Å². The van der Waals surface area contributed by atoms with Gasteiger partial charge in [0.1, 0.15) is 6.54 Å². The van der Waals surface area contributed by atoms with E-state index in [1.807, 2.05) is 30.4 Å². The van der Waals surface area contributed by atoms with Gasteiger partial charge in [0.2, 0.25) is 5.91 Å². The molecule has 28 heavy (non-hydrogen) atoms. The molecule has 0 radical (unpaired) electrons. The van der Waals surface area contributed by atoms with Crippen molar-refractivity contribution in [2.24, 2.45) is 0 Å². The number of hydrogen-bond donors (Lipinski definition) is 2. The lowest BCUT2D eigenvalue weighted by atomic mass is 10.1. The van der Waals surface area contributed by atoms with Crippen LogP contribution in [0.5, 0.6) is 0 Å². The maximum Gasteiger partial charge on any atom is 0.405 e. The van der Waals surface area contributed by atoms with E-state index in [9.17, 15) is 22.8 Å². The molecule has 0 heterocycles. The zero-order valence-electron chi connectivity index (χ0n) is 15.5. The molecule has 0 aliphatic heterocycles. The Balaban J connectivity index is 1.91. The van der Waals surface area contributed by atoms with E-state index < -0.39 is 18.6 Å². The minimum atomic E-state index is -4.48. The fourth-order valence-corrected chi connectivity index (χ4v) is 3.21. The molecule has 0 aromatic heterocycles. The molecule has 0 bridgehead atoms. The second-order valence-electron chi connectivity index (χ2n) is 6.36. The van der Waals surface area contributed by atoms with Crippen LogP contribution in [-0.2, 0) is 10.5 Å². The van der Waals surface area contributed by atoms with Crippen LogP contribution < -0.4 is 10.6 Å². The summed E-state index contributed by atoms with van der Waals surface area (Å²) >= 11 is 1.45. The Kier molecular flexibility index (Phi) is 7.51. The van der Waals surface area contributed by atoms with Crippen LogP contribution in [0.15, 0.2) is 42.5 Å². The normalized spacial score (nSPS) is 11.2. The van der Waals surface area contributed by atoms with E-state index in [2.05, 4.69) is 11.4 Å². The maximum absolute atomic E-state index is 12.2. The number of nitrogens with one attached hydrogen (secondary N) is 2. The molecule has 4 nitrogen and oxygen atoms in total. The highest BCUT2D eigenvalue weighted by Crippen LogP contribution is 2.19. The molecule has 150 valence electrons. The summed E-state index contributed by atoms with van der Waals surface area (Å²) in [6.45, 7) is 2.34. The van der Waals surface area contributed by atoms with Gasteiger partial charge in [-0.2, -0.15) is 13.2 Å². The molecular weight excluding hydrogens is 389 g/mol. The van der Waals surface area contributed by atoms with Gasteiger partial charge in [-0.3, -0.25) is 9.59 Å². The average molecular weight is 410 g/mol. The first-order valence-electron chi connectivity index (χ1n) is 8.53. The molecule has 2 amide bonds. The Morgan fingerprint density at radius 1 is 1.07 bits per heavy atom. The molecule has 2 rings (SSSR count). The van der Waals surface area contributed by atoms with E-state index in [-0.39, 0.29) is 17.2 Å². The van der Waals surface area contributed by atoms with E-state index in [0.29, 0.717) is 17.0 Å². The summed E-state index contributed by atoms with van der Waals surface area (Å²) in [6.07, 6.45) is -4.48. The number of anilines is 1. The van der Waals surface area contributed by atoms with Gasteiger partial charge in [0.25, 0.3) is 5.91 Å². The largest absolute Gasteiger partial charge is 0.405 e. The van der Waals surface area contributed by atoms with Crippen molar-refractivity contribution >= 4 is 29.3 Å². The number of benzene rings is 2. The summed E-state index contributed by atoms with van der Waals surface area (Å²) in [4.78, 5) is 24.0. The number of halogens is 3. The first kappa shape index (κ1) is 21.8. The van der Waals surface area contributed by atoms with E-state index in [1.54, 1.807) is 13.0 Å². The number of carbonyl (C=O) groups excluding carboxylic acids is 2. The highest BCUT2D eigenvalue weighted by molar-refractivity contribution is 7.99. The number of thioether (sulfide) groups is 1. The van der Waals surface area contributed by atoms with Crippen LogP contribution in [0.2, 0.25) is 0 Å². The van der Waals surface area contributed by atoms with Crippen LogP contribution in [0, 0.1) is 13.8 Å². The van der Waals surface area contributed by atoms with Crippen molar-refractivity contribution in [1.29, 1.82) is 0 Å². The van der Waals surface area contributed by atoms with E-state index in [0.717, 1.165) is 11.1 Å². The number of carbonyl (C=O) groups is 2. The molecule has 8 heteroatoms. The van der Waals surface area contributed by atoms with Gasteiger partial charge in [-0.25, -0.2) is 0 Å². The molecule has 2 aromatic rings. The first-order chi connectivity index (χ1) is 13.1. The van der Waals surface area contributed by atoms with Crippen LogP contribution in [0.4, 0.5) is 18.9 Å². The van der Waals surface area contributed by atoms with Crippen molar-refractivity contribution in [3.8, 4) is 0 Å². The lowest BCUT2D eigenvalue weighted by molar-refractivity contribution is -0.123. The Labute approximate surface area is 165 Å². The van der Waals surface area contributed by atoms with Crippen LogP contribution in [0.25, 0.3) is 0 Å². The minimum Gasteiger partial charge on any atom is -0.343 e. The molecule has 2 N–H and O–H groups in total. The third-order valence-corrected chi connectivity index (χ3v) is 4.81. The number of hydrogen-bond acceptors (Lipinski definition) is 3. The molecular formula is C20H21F3N2O2S. The smallest absolute Gasteiger partial charge is 0.343 e. The fraction of sp³-hybridized carbons (Fsp3) is 0.300. The van der Waals surface area contributed by atoms with Crippen LogP contribution in [0.3, 0.4) is 0 Å². The summed E-state index contributed by atoms with van der Waals surface area (Å²) in [6, 6.07) is 12.4. The number of rotatable bonds is 7. The monoisotopic (exact) mass is 410 g/mol. The van der Waals surface area contributed by atoms with Crippen LogP contribution in [0.1, 0.15) is 27.0 Å². The second-order valence-corrected chi connectivity index (χ2v) is 7.34. The quantitative estimate of drug-likeness (QED) is 0.708. The molecule has 2 aromatic carbocycles. The standard InChI is InChI=1S/C20H21F3N2O2S/c1-13-4-3-5-15(8-13)10-28-11-18(26)25-17-9-16(7-6-14(17)2)19(27)24-12-20(21,22)23/h3-9H,10-12H2,1-2H3,(H,24,27)(H,25,26). The van der Waals surface area contributed by atoms with Crippen molar-refractivity contribution in [3.05, 3.63) is 64.7 Å². The van der Waals surface area contributed by atoms with Gasteiger partial charge in [-0.05, 0) is 37.1 Å². The molecule has 0 aliphatic rings. The SMILES string of the molecule is Cc1cccc(CSCC(=O)Nc2cc(C(=O)NCC(F)(F)F)ccc2C)c1. The Hall–Kier alpha value is -2.48. The third kappa shape index (κ3) is 7.26. The lowest BCUT2D eigenvalue weighted by Gasteiger charge is -2.12. The van der Waals surface area contributed by atoms with Gasteiger partial charge in [0.05, 0.1) is 5.75 Å². The van der Waals surface area contributed by atoms with Gasteiger partial charge in [0, 0.05) is 17.0 Å². The molecule has 0 unspecified atom stereocenters. The summed E-state index contributed by atoms with van der Waals surface area (Å²) < 4.78 is 36.7. The van der Waals surface area contributed by atoms with Gasteiger partial charge in [-0.15, -0.1) is 11.8 Å². The highest BCUT2D eigenvalue weighted by Gasteiger charge is 2.28. The number of amides is 2. The summed E-state index contributed by atoms with van der Waals surface area (Å²) in [5.74, 6) is -0.179. The van der Waals surface area contributed by atoms with E-state index >= 15 is 0 Å². The minimum absolute atomic E-state index is 0.0533. The van der Waals surface area contributed by atoms with Gasteiger partial charge in [0.15, 0.2) is 0 Å². The van der Waals surface area contributed by atoms with Crippen molar-refractivity contribution in [2.75, 3.05) is 17.6 Å². The Morgan fingerprint density at radius 2 is 1.82 bits per heavy atom. The highest BCUT2D eigenvalue weighted by atomic mass is 32.2. The Bertz CT molecular complexity index is 854. The molecule has 0 atom stereocenters. The zero-order chi connectivity index (χ0) is 20.7. The predicted molar refractivity (Wildman–Crippen MR) is 106 cm³/mol. The molecule has 0 saturated heterocycles. The average Bonchev–Trinajstić information content (AvgIpc) is 2.61. The topological polar surface area (TPSA) is 58.2 Å². The van der Waals surface area contributed by atoms with E-state index in [1.165, 1.54) is 23.9 Å². The van der Waals surface area contributed by atoms with E-state index in [4.69, 9.17) is 0 Å².